The minimum Gasteiger partial charge on any atom is -0.405 e. The van der Waals surface area contributed by atoms with Gasteiger partial charge in [-0.25, -0.2) is 0 Å². The number of anilines is 1. The summed E-state index contributed by atoms with van der Waals surface area (Å²) in [5.74, 6) is -0.202. The third kappa shape index (κ3) is 3.40. The van der Waals surface area contributed by atoms with Gasteiger partial charge >= 0.3 is 6.36 Å². The summed E-state index contributed by atoms with van der Waals surface area (Å²) >= 11 is 0. The Morgan fingerprint density at radius 2 is 1.58 bits per heavy atom. The van der Waals surface area contributed by atoms with Crippen molar-refractivity contribution in [2.75, 3.05) is 12.4 Å². The quantitative estimate of drug-likeness (QED) is 0.895. The Kier molecular flexibility index (Phi) is 3.64. The van der Waals surface area contributed by atoms with Gasteiger partial charge in [0.25, 0.3) is 0 Å². The average molecular weight is 267 g/mol. The van der Waals surface area contributed by atoms with E-state index in [4.69, 9.17) is 0 Å². The van der Waals surface area contributed by atoms with E-state index in [1.54, 1.807) is 43.4 Å². The third-order valence-electron chi connectivity index (χ3n) is 2.60. The van der Waals surface area contributed by atoms with Crippen LogP contribution in [0.5, 0.6) is 5.75 Å². The van der Waals surface area contributed by atoms with E-state index < -0.39 is 6.36 Å². The van der Waals surface area contributed by atoms with Crippen molar-refractivity contribution in [3.63, 3.8) is 0 Å². The zero-order chi connectivity index (χ0) is 13.9. The molecule has 2 aromatic rings. The fourth-order valence-electron chi connectivity index (χ4n) is 1.74. The number of hydrogen-bond donors (Lipinski definition) is 1. The van der Waals surface area contributed by atoms with Gasteiger partial charge in [0.05, 0.1) is 0 Å². The molecule has 0 amide bonds. The lowest BCUT2D eigenvalue weighted by molar-refractivity contribution is -0.274. The maximum atomic E-state index is 12.3. The Hall–Kier alpha value is -2.17. The highest BCUT2D eigenvalue weighted by atomic mass is 19.4. The van der Waals surface area contributed by atoms with Crippen LogP contribution in [0.15, 0.2) is 48.5 Å². The molecule has 0 fully saturated rings. The third-order valence-corrected chi connectivity index (χ3v) is 2.60. The van der Waals surface area contributed by atoms with Crippen LogP contribution >= 0.6 is 0 Å². The van der Waals surface area contributed by atoms with Crippen LogP contribution in [0.25, 0.3) is 11.1 Å². The minimum absolute atomic E-state index is 0.202. The number of hydrogen-bond acceptors (Lipinski definition) is 2. The van der Waals surface area contributed by atoms with Crippen molar-refractivity contribution in [3.8, 4) is 16.9 Å². The number of para-hydroxylation sites is 1. The molecule has 0 aliphatic heterocycles. The van der Waals surface area contributed by atoms with Crippen LogP contribution in [0.2, 0.25) is 0 Å². The topological polar surface area (TPSA) is 21.3 Å². The highest BCUT2D eigenvalue weighted by Crippen LogP contribution is 2.33. The second-order valence-corrected chi connectivity index (χ2v) is 3.87. The van der Waals surface area contributed by atoms with E-state index in [2.05, 4.69) is 10.1 Å². The van der Waals surface area contributed by atoms with Crippen molar-refractivity contribution < 1.29 is 17.9 Å². The smallest absolute Gasteiger partial charge is 0.405 e. The molecule has 0 aliphatic carbocycles. The molecule has 0 bridgehead atoms. The van der Waals surface area contributed by atoms with Crippen molar-refractivity contribution in [2.24, 2.45) is 0 Å². The van der Waals surface area contributed by atoms with Crippen LogP contribution in [-0.4, -0.2) is 13.4 Å². The molecule has 0 aromatic heterocycles. The first-order valence-corrected chi connectivity index (χ1v) is 5.62. The van der Waals surface area contributed by atoms with Gasteiger partial charge in [0.2, 0.25) is 0 Å². The van der Waals surface area contributed by atoms with Crippen LogP contribution in [0.3, 0.4) is 0 Å². The predicted molar refractivity (Wildman–Crippen MR) is 68.1 cm³/mol. The average Bonchev–Trinajstić information content (AvgIpc) is 2.38. The molecule has 0 saturated heterocycles. The lowest BCUT2D eigenvalue weighted by Crippen LogP contribution is -2.17. The van der Waals surface area contributed by atoms with E-state index in [1.165, 1.54) is 12.1 Å². The summed E-state index contributed by atoms with van der Waals surface area (Å²) in [7, 11) is 1.77. The van der Waals surface area contributed by atoms with E-state index in [0.29, 0.717) is 11.1 Å². The summed E-state index contributed by atoms with van der Waals surface area (Å²) in [6, 6.07) is 13.1. The minimum atomic E-state index is -4.69. The normalized spacial score (nSPS) is 11.2. The number of nitrogens with one attached hydrogen (secondary N) is 1. The number of benzene rings is 2. The van der Waals surface area contributed by atoms with E-state index in [0.717, 1.165) is 5.69 Å². The molecule has 2 nitrogen and oxygen atoms in total. The number of halogens is 3. The van der Waals surface area contributed by atoms with E-state index in [-0.39, 0.29) is 5.75 Å². The molecule has 2 aromatic carbocycles. The van der Waals surface area contributed by atoms with Gasteiger partial charge in [-0.05, 0) is 23.8 Å². The summed E-state index contributed by atoms with van der Waals surface area (Å²) in [5, 5.41) is 2.95. The lowest BCUT2D eigenvalue weighted by atomic mass is 10.0. The maximum Gasteiger partial charge on any atom is 0.573 e. The Morgan fingerprint density at radius 3 is 2.16 bits per heavy atom. The van der Waals surface area contributed by atoms with Crippen molar-refractivity contribution in [2.45, 2.75) is 6.36 Å². The van der Waals surface area contributed by atoms with Crippen LogP contribution in [0.4, 0.5) is 18.9 Å². The van der Waals surface area contributed by atoms with Crippen LogP contribution < -0.4 is 10.1 Å². The molecule has 2 rings (SSSR count). The Morgan fingerprint density at radius 1 is 0.947 bits per heavy atom. The van der Waals surface area contributed by atoms with Crippen LogP contribution in [0.1, 0.15) is 0 Å². The zero-order valence-electron chi connectivity index (χ0n) is 10.2. The second kappa shape index (κ2) is 5.22. The van der Waals surface area contributed by atoms with Gasteiger partial charge in [-0.2, -0.15) is 0 Å². The summed E-state index contributed by atoms with van der Waals surface area (Å²) in [6.45, 7) is 0. The van der Waals surface area contributed by atoms with Gasteiger partial charge in [-0.3, -0.25) is 0 Å². The summed E-state index contributed by atoms with van der Waals surface area (Å²) < 4.78 is 41.0. The summed E-state index contributed by atoms with van der Waals surface area (Å²) in [4.78, 5) is 0. The standard InChI is InChI=1S/C14H12F3NO/c1-18-11-8-6-10(7-9-11)12-4-2-3-5-13(12)19-14(15,16)17/h2-9,18H,1H3. The molecule has 0 saturated carbocycles. The van der Waals surface area contributed by atoms with E-state index >= 15 is 0 Å². The summed E-state index contributed by atoms with van der Waals surface area (Å²) in [6.07, 6.45) is -4.69. The highest BCUT2D eigenvalue weighted by Gasteiger charge is 2.32. The SMILES string of the molecule is CNc1ccc(-c2ccccc2OC(F)(F)F)cc1. The molecule has 100 valence electrons. The summed E-state index contributed by atoms with van der Waals surface area (Å²) in [5.41, 5.74) is 1.96. The zero-order valence-corrected chi connectivity index (χ0v) is 10.2. The molecule has 0 aliphatic rings. The number of rotatable bonds is 3. The first kappa shape index (κ1) is 13.3. The van der Waals surface area contributed by atoms with Crippen molar-refractivity contribution >= 4 is 5.69 Å². The van der Waals surface area contributed by atoms with Crippen molar-refractivity contribution in [1.29, 1.82) is 0 Å². The number of ether oxygens (including phenoxy) is 1. The van der Waals surface area contributed by atoms with Gasteiger partial charge in [-0.1, -0.05) is 30.3 Å². The van der Waals surface area contributed by atoms with Gasteiger partial charge in [0, 0.05) is 18.3 Å². The second-order valence-electron chi connectivity index (χ2n) is 3.87. The Balaban J connectivity index is 2.38. The van der Waals surface area contributed by atoms with Crippen LogP contribution in [-0.2, 0) is 0 Å². The fourth-order valence-corrected chi connectivity index (χ4v) is 1.74. The van der Waals surface area contributed by atoms with Gasteiger partial charge < -0.3 is 10.1 Å². The Bertz CT molecular complexity index is 549. The molecule has 1 N–H and O–H groups in total. The van der Waals surface area contributed by atoms with E-state index in [9.17, 15) is 13.2 Å². The van der Waals surface area contributed by atoms with E-state index in [1.807, 2.05) is 0 Å². The maximum absolute atomic E-state index is 12.3. The van der Waals surface area contributed by atoms with Gasteiger partial charge in [0.1, 0.15) is 5.75 Å². The molecular weight excluding hydrogens is 255 g/mol. The fraction of sp³-hybridized carbons (Fsp3) is 0.143. The first-order valence-electron chi connectivity index (χ1n) is 5.62. The molecule has 0 unspecified atom stereocenters. The number of alkyl halides is 3. The molecule has 5 heteroatoms. The first-order chi connectivity index (χ1) is 8.99. The lowest BCUT2D eigenvalue weighted by Gasteiger charge is -2.13. The Labute approximate surface area is 108 Å². The molecular formula is C14H12F3NO. The van der Waals surface area contributed by atoms with Crippen molar-refractivity contribution in [1.82, 2.24) is 0 Å². The largest absolute Gasteiger partial charge is 0.573 e. The predicted octanol–water partition coefficient (Wildman–Crippen LogP) is 4.29. The molecule has 19 heavy (non-hydrogen) atoms. The van der Waals surface area contributed by atoms with Crippen LogP contribution in [0, 0.1) is 0 Å². The van der Waals surface area contributed by atoms with Crippen molar-refractivity contribution in [3.05, 3.63) is 48.5 Å². The van der Waals surface area contributed by atoms with Gasteiger partial charge in [-0.15, -0.1) is 13.2 Å². The molecule has 0 radical (unpaired) electrons. The molecule has 0 atom stereocenters. The monoisotopic (exact) mass is 267 g/mol. The molecule has 0 spiro atoms. The molecule has 0 heterocycles. The highest BCUT2D eigenvalue weighted by molar-refractivity contribution is 5.71. The van der Waals surface area contributed by atoms with Gasteiger partial charge in [0.15, 0.2) is 0 Å².